The molecular weight excluding hydrogens is 208 g/mol. The van der Waals surface area contributed by atoms with Gasteiger partial charge in [0.05, 0.1) is 0 Å². The molecule has 0 spiro atoms. The van der Waals surface area contributed by atoms with Gasteiger partial charge >= 0.3 is 0 Å². The third-order valence-electron chi connectivity index (χ3n) is 1.92. The Bertz CT molecular complexity index is 430. The fourth-order valence-corrected chi connectivity index (χ4v) is 1.37. The lowest BCUT2D eigenvalue weighted by Gasteiger charge is -2.04. The Balaban J connectivity index is 3.13. The summed E-state index contributed by atoms with van der Waals surface area (Å²) in [6, 6.07) is 7.10. The summed E-state index contributed by atoms with van der Waals surface area (Å²) in [4.78, 5) is 11.1. The van der Waals surface area contributed by atoms with E-state index in [-0.39, 0.29) is 0 Å². The fraction of sp³-hybridized carbons (Fsp3) is 0. The highest BCUT2D eigenvalue weighted by atomic mass is 35.5. The number of halogens is 1. The van der Waals surface area contributed by atoms with Crippen LogP contribution in [0.1, 0.15) is 15.9 Å². The van der Waals surface area contributed by atoms with E-state index in [9.17, 15) is 4.79 Å². The van der Waals surface area contributed by atoms with E-state index in [2.05, 4.69) is 13.2 Å². The summed E-state index contributed by atoms with van der Waals surface area (Å²) in [5, 5.41) is -0.473. The molecule has 15 heavy (non-hydrogen) atoms. The van der Waals surface area contributed by atoms with Crippen molar-refractivity contribution in [1.82, 2.24) is 0 Å². The molecule has 0 N–H and O–H groups in total. The van der Waals surface area contributed by atoms with E-state index < -0.39 is 5.24 Å². The molecule has 0 fully saturated rings. The largest absolute Gasteiger partial charge is 0.276 e. The van der Waals surface area contributed by atoms with Gasteiger partial charge in [-0.1, -0.05) is 49.6 Å². The number of allylic oxidation sites excluding steroid dienone is 4. The zero-order chi connectivity index (χ0) is 11.3. The Morgan fingerprint density at radius 2 is 1.87 bits per heavy atom. The zero-order valence-corrected chi connectivity index (χ0v) is 9.00. The van der Waals surface area contributed by atoms with Crippen LogP contribution in [0.25, 0.3) is 5.57 Å². The van der Waals surface area contributed by atoms with Gasteiger partial charge in [-0.05, 0) is 28.8 Å². The summed E-state index contributed by atoms with van der Waals surface area (Å²) in [5.74, 6) is 0. The maximum atomic E-state index is 11.1. The first-order valence-corrected chi connectivity index (χ1v) is 4.82. The van der Waals surface area contributed by atoms with E-state index in [1.807, 2.05) is 12.1 Å². The number of rotatable bonds is 4. The number of benzene rings is 1. The van der Waals surface area contributed by atoms with Crippen LogP contribution in [0.4, 0.5) is 0 Å². The molecule has 1 rings (SSSR count). The van der Waals surface area contributed by atoms with Crippen LogP contribution in [0, 0.1) is 0 Å². The van der Waals surface area contributed by atoms with E-state index in [0.717, 1.165) is 11.1 Å². The van der Waals surface area contributed by atoms with Crippen molar-refractivity contribution in [2.24, 2.45) is 0 Å². The SMILES string of the molecule is C=C/C=C\C(=C)c1ccccc1C(=O)Cl. The summed E-state index contributed by atoms with van der Waals surface area (Å²) in [7, 11) is 0. The van der Waals surface area contributed by atoms with Crippen molar-refractivity contribution >= 4 is 22.4 Å². The molecule has 0 unspecified atom stereocenters. The van der Waals surface area contributed by atoms with Gasteiger partial charge in [-0.3, -0.25) is 4.79 Å². The molecule has 0 heterocycles. The molecule has 0 saturated carbocycles. The molecule has 1 aromatic carbocycles. The Morgan fingerprint density at radius 1 is 1.27 bits per heavy atom. The van der Waals surface area contributed by atoms with Crippen molar-refractivity contribution in [1.29, 1.82) is 0 Å². The van der Waals surface area contributed by atoms with Crippen molar-refractivity contribution in [2.75, 3.05) is 0 Å². The van der Waals surface area contributed by atoms with E-state index in [0.29, 0.717) is 5.56 Å². The molecule has 0 atom stereocenters. The quantitative estimate of drug-likeness (QED) is 0.555. The second-order valence-electron chi connectivity index (χ2n) is 2.94. The molecule has 0 aliphatic rings. The topological polar surface area (TPSA) is 17.1 Å². The molecule has 76 valence electrons. The van der Waals surface area contributed by atoms with Crippen molar-refractivity contribution in [3.63, 3.8) is 0 Å². The Kier molecular flexibility index (Phi) is 4.07. The molecule has 0 amide bonds. The van der Waals surface area contributed by atoms with E-state index >= 15 is 0 Å². The number of carbonyl (C=O) groups excluding carboxylic acids is 1. The minimum absolute atomic E-state index is 0.470. The second kappa shape index (κ2) is 5.32. The Hall–Kier alpha value is -1.60. The van der Waals surface area contributed by atoms with Crippen LogP contribution in [0.5, 0.6) is 0 Å². The van der Waals surface area contributed by atoms with Crippen molar-refractivity contribution in [3.8, 4) is 0 Å². The molecule has 0 saturated heterocycles. The molecule has 0 aromatic heterocycles. The lowest BCUT2D eigenvalue weighted by molar-refractivity contribution is 0.108. The van der Waals surface area contributed by atoms with Gasteiger partial charge in [0.1, 0.15) is 0 Å². The number of carbonyl (C=O) groups is 1. The highest BCUT2D eigenvalue weighted by Crippen LogP contribution is 2.20. The van der Waals surface area contributed by atoms with Crippen LogP contribution in [0.3, 0.4) is 0 Å². The van der Waals surface area contributed by atoms with Gasteiger partial charge < -0.3 is 0 Å². The zero-order valence-electron chi connectivity index (χ0n) is 8.24. The van der Waals surface area contributed by atoms with E-state index in [1.165, 1.54) is 0 Å². The molecule has 1 aromatic rings. The minimum atomic E-state index is -0.473. The van der Waals surface area contributed by atoms with Crippen molar-refractivity contribution in [2.45, 2.75) is 0 Å². The van der Waals surface area contributed by atoms with Gasteiger partial charge in [0.15, 0.2) is 0 Å². The highest BCUT2D eigenvalue weighted by Gasteiger charge is 2.08. The third kappa shape index (κ3) is 2.93. The lowest BCUT2D eigenvalue weighted by Crippen LogP contribution is -1.94. The van der Waals surface area contributed by atoms with Crippen LogP contribution in [-0.2, 0) is 0 Å². The molecular formula is C13H11ClO. The van der Waals surface area contributed by atoms with Crippen LogP contribution in [-0.4, -0.2) is 5.24 Å². The van der Waals surface area contributed by atoms with Crippen LogP contribution >= 0.6 is 11.6 Å². The average Bonchev–Trinajstić information content (AvgIpc) is 2.25. The molecule has 2 heteroatoms. The molecule has 0 radical (unpaired) electrons. The van der Waals surface area contributed by atoms with Gasteiger partial charge in [-0.15, -0.1) is 0 Å². The van der Waals surface area contributed by atoms with Crippen molar-refractivity contribution in [3.05, 3.63) is 66.8 Å². The predicted molar refractivity (Wildman–Crippen MR) is 65.0 cm³/mol. The molecule has 0 aliphatic carbocycles. The van der Waals surface area contributed by atoms with Gasteiger partial charge in [-0.2, -0.15) is 0 Å². The van der Waals surface area contributed by atoms with E-state index in [4.69, 9.17) is 11.6 Å². The fourth-order valence-electron chi connectivity index (χ4n) is 1.21. The summed E-state index contributed by atoms with van der Waals surface area (Å²) >= 11 is 5.46. The number of hydrogen-bond acceptors (Lipinski definition) is 1. The van der Waals surface area contributed by atoms with Gasteiger partial charge in [0.2, 0.25) is 0 Å². The first-order chi connectivity index (χ1) is 7.16. The third-order valence-corrected chi connectivity index (χ3v) is 2.12. The first kappa shape index (κ1) is 11.5. The molecule has 0 bridgehead atoms. The maximum Gasteiger partial charge on any atom is 0.253 e. The normalized spacial score (nSPS) is 10.2. The van der Waals surface area contributed by atoms with Crippen LogP contribution < -0.4 is 0 Å². The summed E-state index contributed by atoms with van der Waals surface area (Å²) in [6.45, 7) is 7.42. The molecule has 0 aliphatic heterocycles. The minimum Gasteiger partial charge on any atom is -0.276 e. The van der Waals surface area contributed by atoms with Gasteiger partial charge in [0.25, 0.3) is 5.24 Å². The van der Waals surface area contributed by atoms with Gasteiger partial charge in [-0.25, -0.2) is 0 Å². The highest BCUT2D eigenvalue weighted by molar-refractivity contribution is 6.68. The molecule has 1 nitrogen and oxygen atoms in total. The Labute approximate surface area is 94.4 Å². The van der Waals surface area contributed by atoms with Crippen LogP contribution in [0.15, 0.2) is 55.7 Å². The van der Waals surface area contributed by atoms with Crippen molar-refractivity contribution < 1.29 is 4.79 Å². The van der Waals surface area contributed by atoms with Crippen LogP contribution in [0.2, 0.25) is 0 Å². The van der Waals surface area contributed by atoms with E-state index in [1.54, 1.807) is 30.4 Å². The second-order valence-corrected chi connectivity index (χ2v) is 3.28. The van der Waals surface area contributed by atoms with Gasteiger partial charge in [0, 0.05) is 5.56 Å². The summed E-state index contributed by atoms with van der Waals surface area (Å²) in [5.41, 5.74) is 1.95. The number of hydrogen-bond donors (Lipinski definition) is 0. The maximum absolute atomic E-state index is 11.1. The Morgan fingerprint density at radius 3 is 2.40 bits per heavy atom. The average molecular weight is 219 g/mol. The smallest absolute Gasteiger partial charge is 0.253 e. The predicted octanol–water partition coefficient (Wildman–Crippen LogP) is 3.82. The standard InChI is InChI=1S/C13H11ClO/c1-3-4-7-10(2)11-8-5-6-9-12(11)13(14)15/h3-9H,1-2H2/b7-4-. The summed E-state index contributed by atoms with van der Waals surface area (Å²) in [6.07, 6.45) is 5.19. The monoisotopic (exact) mass is 218 g/mol. The first-order valence-electron chi connectivity index (χ1n) is 4.44. The lowest BCUT2D eigenvalue weighted by atomic mass is 10.0. The summed E-state index contributed by atoms with van der Waals surface area (Å²) < 4.78 is 0.